The number of nitrogens with zero attached hydrogens (tertiary/aromatic N) is 13. The molecule has 408 valence electrons. The van der Waals surface area contributed by atoms with E-state index in [0.29, 0.717) is 44.9 Å². The number of rotatable bonds is 6. The highest BCUT2D eigenvalue weighted by Gasteiger charge is 2.52. The molecule has 3 aromatic carbocycles. The van der Waals surface area contributed by atoms with E-state index in [1.807, 2.05) is 119 Å². The zero-order valence-corrected chi connectivity index (χ0v) is 47.6. The smallest absolute Gasteiger partial charge is 0.399 e. The maximum atomic E-state index is 5.95. The summed E-state index contributed by atoms with van der Waals surface area (Å²) in [5.74, 6) is 1.95. The van der Waals surface area contributed by atoms with Crippen LogP contribution >= 0.6 is 57.5 Å². The standard InChI is InChI=1S/C17H11N7S.C14H9ClN6.C9H14BNO2S.C8H8N2.C7H3Cl2N3/c1-2-12-15(19-5-1)22-17(14-8-18-9-25-14)23-16(12)21-11-3-4-13-10(6-11)7-20-24-13;15-14-19-12-10(2-1-5-16-12)13(20-14)18-9-3-4-11-8(6-9)7-17-21-11;1-8(2)9(3,4)13-10(12-8)7-5-11-6-14-7;9-7-1-2-8-6(5-7)3-4-10-8;8-5-4-2-1-3-10-6(4)12-7(9)11-5/h1-9H,(H,20,24)(H,19,21,22,23);1-7H,(H,17,21)(H,16,18,19,20);5-6H,1-4H3;1-5,10H,9H2;1-3H. The number of H-pyrrole nitrogens is 3. The first-order chi connectivity index (χ1) is 39.7. The van der Waals surface area contributed by atoms with Crippen LogP contribution in [0.25, 0.3) is 76.5 Å². The molecule has 1 aliphatic heterocycles. The van der Waals surface area contributed by atoms with Gasteiger partial charge in [0, 0.05) is 75.9 Å². The van der Waals surface area contributed by atoms with Gasteiger partial charge in [-0.15, -0.1) is 22.7 Å². The number of benzene rings is 3. The van der Waals surface area contributed by atoms with E-state index in [1.165, 1.54) is 16.7 Å². The summed E-state index contributed by atoms with van der Waals surface area (Å²) in [7, 11) is -0.257. The third-order valence-corrected chi connectivity index (χ3v) is 15.1. The largest absolute Gasteiger partial charge is 0.507 e. The molecule has 0 amide bonds. The van der Waals surface area contributed by atoms with Crippen LogP contribution in [0.1, 0.15) is 27.7 Å². The van der Waals surface area contributed by atoms with Crippen molar-refractivity contribution in [3.05, 3.63) is 173 Å². The molecule has 1 saturated heterocycles. The predicted molar refractivity (Wildman–Crippen MR) is 327 cm³/mol. The first kappa shape index (κ1) is 55.1. The molecular weight excluding hydrogens is 1140 g/mol. The van der Waals surface area contributed by atoms with Gasteiger partial charge in [0.15, 0.2) is 22.8 Å². The van der Waals surface area contributed by atoms with Gasteiger partial charge in [-0.1, -0.05) is 11.6 Å². The van der Waals surface area contributed by atoms with Crippen LogP contribution in [0, 0.1) is 0 Å². The van der Waals surface area contributed by atoms with Crippen molar-refractivity contribution in [1.82, 2.24) is 80.2 Å². The molecule has 0 saturated carbocycles. The second-order valence-corrected chi connectivity index (χ2v) is 21.8. The Hall–Kier alpha value is -8.88. The second kappa shape index (κ2) is 24.1. The van der Waals surface area contributed by atoms with Crippen LogP contribution in [-0.4, -0.2) is 98.5 Å². The van der Waals surface area contributed by atoms with Crippen molar-refractivity contribution in [2.45, 2.75) is 38.9 Å². The van der Waals surface area contributed by atoms with Crippen molar-refractivity contribution >= 4 is 164 Å². The maximum absolute atomic E-state index is 5.95. The van der Waals surface area contributed by atoms with Gasteiger partial charge in [0.2, 0.25) is 10.6 Å². The number of anilines is 5. The number of fused-ring (bicyclic) bond motifs is 6. The molecule has 0 unspecified atom stereocenters. The minimum atomic E-state index is -0.262. The Balaban J connectivity index is 0.000000112. The minimum Gasteiger partial charge on any atom is -0.399 e. The lowest BCUT2D eigenvalue weighted by molar-refractivity contribution is 0.00578. The van der Waals surface area contributed by atoms with E-state index in [-0.39, 0.29) is 28.9 Å². The van der Waals surface area contributed by atoms with Crippen molar-refractivity contribution in [2.24, 2.45) is 0 Å². The SMILES string of the molecule is CC1(C)OB(c2cncs2)OC1(C)C.Clc1nc(Cl)c2cccnc2n1.Clc1nc(Nc2ccc3[nH]ncc3c2)c2cccnc2n1.Nc1ccc2[nH]ccc2c1.c1cnc2nc(-c3cncs3)nc(Nc3ccc4[nH]ncc4c3)c2c1. The molecule has 27 heteroatoms. The van der Waals surface area contributed by atoms with Crippen LogP contribution in [0.5, 0.6) is 0 Å². The molecule has 7 N–H and O–H groups in total. The number of hydrogen-bond donors (Lipinski definition) is 6. The zero-order valence-electron chi connectivity index (χ0n) is 43.7. The van der Waals surface area contributed by atoms with E-state index >= 15 is 0 Å². The molecule has 1 fully saturated rings. The summed E-state index contributed by atoms with van der Waals surface area (Å²) < 4.78 is 12.7. The van der Waals surface area contributed by atoms with Gasteiger partial charge in [0.25, 0.3) is 0 Å². The fourth-order valence-electron chi connectivity index (χ4n) is 8.11. The molecule has 15 rings (SSSR count). The number of aromatic amines is 3. The number of hydrogen-bond acceptors (Lipinski definition) is 20. The predicted octanol–water partition coefficient (Wildman–Crippen LogP) is 12.6. The van der Waals surface area contributed by atoms with Gasteiger partial charge in [0.1, 0.15) is 16.8 Å². The van der Waals surface area contributed by atoms with Gasteiger partial charge in [0.05, 0.1) is 71.5 Å². The van der Waals surface area contributed by atoms with Crippen molar-refractivity contribution in [2.75, 3.05) is 16.4 Å². The Bertz CT molecular complexity index is 4470. The highest BCUT2D eigenvalue weighted by molar-refractivity contribution is 7.20. The monoisotopic (exact) mass is 1180 g/mol. The number of pyridine rings is 3. The highest BCUT2D eigenvalue weighted by atomic mass is 35.5. The molecule has 14 aromatic rings. The van der Waals surface area contributed by atoms with Crippen molar-refractivity contribution in [3.8, 4) is 10.7 Å². The molecule has 0 atom stereocenters. The summed E-state index contributed by atoms with van der Waals surface area (Å²) in [4.78, 5) is 50.0. The van der Waals surface area contributed by atoms with Gasteiger partial charge in [-0.3, -0.25) is 20.2 Å². The molecule has 82 heavy (non-hydrogen) atoms. The Morgan fingerprint density at radius 3 is 1.70 bits per heavy atom. The average molecular weight is 1190 g/mol. The third kappa shape index (κ3) is 12.7. The summed E-state index contributed by atoms with van der Waals surface area (Å²) in [6.07, 6.45) is 14.1. The summed E-state index contributed by atoms with van der Waals surface area (Å²) in [6, 6.07) is 30.8. The van der Waals surface area contributed by atoms with E-state index in [9.17, 15) is 0 Å². The Kier molecular flexibility index (Phi) is 16.2. The lowest BCUT2D eigenvalue weighted by Gasteiger charge is -2.32. The lowest BCUT2D eigenvalue weighted by Crippen LogP contribution is -2.41. The zero-order chi connectivity index (χ0) is 56.8. The number of aromatic nitrogens is 16. The van der Waals surface area contributed by atoms with Gasteiger partial charge < -0.3 is 30.7 Å². The molecule has 11 aromatic heterocycles. The Morgan fingerprint density at radius 1 is 0.549 bits per heavy atom. The summed E-state index contributed by atoms with van der Waals surface area (Å²) in [5.41, 5.74) is 16.1. The fourth-order valence-corrected chi connectivity index (χ4v) is 9.84. The summed E-state index contributed by atoms with van der Waals surface area (Å²) in [5, 5.41) is 26.8. The van der Waals surface area contributed by atoms with Gasteiger partial charge in [-0.05, 0) is 148 Å². The molecule has 0 radical (unpaired) electrons. The Morgan fingerprint density at radius 2 is 1.10 bits per heavy atom. The third-order valence-electron chi connectivity index (χ3n) is 12.9. The van der Waals surface area contributed by atoms with Crippen molar-refractivity contribution in [1.29, 1.82) is 0 Å². The van der Waals surface area contributed by atoms with E-state index in [0.717, 1.165) is 64.8 Å². The van der Waals surface area contributed by atoms with E-state index in [2.05, 4.69) is 85.9 Å². The average Bonchev–Trinajstić information content (AvgIpc) is 4.52. The van der Waals surface area contributed by atoms with E-state index in [1.54, 1.807) is 77.9 Å². The molecule has 1 aliphatic rings. The second-order valence-electron chi connectivity index (χ2n) is 18.9. The maximum Gasteiger partial charge on any atom is 0.507 e. The Labute approximate surface area is 489 Å². The van der Waals surface area contributed by atoms with Gasteiger partial charge >= 0.3 is 7.12 Å². The molecule has 12 heterocycles. The molecular formula is C55H45BCl3N19O2S2. The van der Waals surface area contributed by atoms with E-state index in [4.69, 9.17) is 54.8 Å². The first-order valence-corrected chi connectivity index (χ1v) is 27.8. The quantitative estimate of drug-likeness (QED) is 0.0390. The van der Waals surface area contributed by atoms with E-state index < -0.39 is 0 Å². The van der Waals surface area contributed by atoms with Crippen LogP contribution < -0.4 is 21.1 Å². The van der Waals surface area contributed by atoms with Crippen LogP contribution in [0.15, 0.2) is 158 Å². The number of nitrogens with one attached hydrogen (secondary N) is 5. The number of nitrogens with two attached hydrogens (primary N) is 1. The van der Waals surface area contributed by atoms with Crippen LogP contribution in [0.3, 0.4) is 0 Å². The molecule has 0 aliphatic carbocycles. The van der Waals surface area contributed by atoms with Gasteiger partial charge in [-0.25, -0.2) is 29.9 Å². The first-order valence-electron chi connectivity index (χ1n) is 24.9. The topological polar surface area (TPSA) is 283 Å². The number of nitrogen functional groups attached to an aromatic ring is 1. The number of halogens is 3. The minimum absolute atomic E-state index is 0.117. The van der Waals surface area contributed by atoms with Crippen LogP contribution in [-0.2, 0) is 9.31 Å². The van der Waals surface area contributed by atoms with Gasteiger partial charge in [-0.2, -0.15) is 25.1 Å². The van der Waals surface area contributed by atoms with Crippen molar-refractivity contribution in [3.63, 3.8) is 0 Å². The molecule has 0 spiro atoms. The van der Waals surface area contributed by atoms with Crippen LogP contribution in [0.4, 0.5) is 28.7 Å². The number of thiazole rings is 2. The summed E-state index contributed by atoms with van der Waals surface area (Å²) in [6.45, 7) is 8.20. The summed E-state index contributed by atoms with van der Waals surface area (Å²) >= 11 is 20.4. The molecule has 21 nitrogen and oxygen atoms in total. The van der Waals surface area contributed by atoms with Crippen LogP contribution in [0.2, 0.25) is 15.7 Å². The normalized spacial score (nSPS) is 13.2. The lowest BCUT2D eigenvalue weighted by atomic mass is 9.89. The fraction of sp³-hybridized carbons (Fsp3) is 0.109. The highest BCUT2D eigenvalue weighted by Crippen LogP contribution is 2.37. The van der Waals surface area contributed by atoms with Crippen molar-refractivity contribution < 1.29 is 9.31 Å². The molecule has 0 bridgehead atoms.